The predicted molar refractivity (Wildman–Crippen MR) is 146 cm³/mol. The zero-order valence-electron chi connectivity index (χ0n) is 20.8. The van der Waals surface area contributed by atoms with E-state index in [9.17, 15) is 4.79 Å². The first-order chi connectivity index (χ1) is 16.4. The average molecular weight is 474 g/mol. The summed E-state index contributed by atoms with van der Waals surface area (Å²) in [7, 11) is 0. The Morgan fingerprint density at radius 3 is 2.06 bits per heavy atom. The Hall–Kier alpha value is -3.27. The molecule has 4 nitrogen and oxygen atoms in total. The number of ketones is 1. The molecule has 35 heavy (non-hydrogen) atoms. The van der Waals surface area contributed by atoms with E-state index in [-0.39, 0.29) is 12.8 Å². The monoisotopic (exact) mass is 473 g/mol. The number of carbonyl (C=O) groups excluding carboxylic acids is 1. The minimum Gasteiger partial charge on any atom is -0.454 e. The van der Waals surface area contributed by atoms with Gasteiger partial charge in [0.25, 0.3) is 0 Å². The van der Waals surface area contributed by atoms with Crippen LogP contribution in [0.4, 0.5) is 5.69 Å². The number of ether oxygens (including phenoxy) is 2. The second-order valence-electron chi connectivity index (χ2n) is 9.38. The van der Waals surface area contributed by atoms with E-state index in [2.05, 4.69) is 75.1 Å². The van der Waals surface area contributed by atoms with E-state index < -0.39 is 0 Å². The van der Waals surface area contributed by atoms with Crippen LogP contribution in [0.25, 0.3) is 11.1 Å². The second kappa shape index (κ2) is 11.4. The minimum atomic E-state index is -0.0452. The number of benzene rings is 3. The highest BCUT2D eigenvalue weighted by molar-refractivity contribution is 5.89. The summed E-state index contributed by atoms with van der Waals surface area (Å²) in [5.41, 5.74) is 6.06. The minimum absolute atomic E-state index is 0. The van der Waals surface area contributed by atoms with Crippen molar-refractivity contribution in [3.05, 3.63) is 77.9 Å². The largest absolute Gasteiger partial charge is 0.454 e. The Balaban J connectivity index is 0.000000285. The van der Waals surface area contributed by atoms with Crippen molar-refractivity contribution in [3.63, 3.8) is 0 Å². The maximum Gasteiger partial charge on any atom is 0.231 e. The molecule has 0 unspecified atom stereocenters. The smallest absolute Gasteiger partial charge is 0.231 e. The molecule has 3 aromatic carbocycles. The average Bonchev–Trinajstić information content (AvgIpc) is 3.43. The Labute approximate surface area is 210 Å². The van der Waals surface area contributed by atoms with E-state index in [1.807, 2.05) is 24.3 Å². The molecule has 1 aliphatic heterocycles. The molecule has 2 aliphatic rings. The lowest BCUT2D eigenvalue weighted by atomic mass is 9.93. The number of anilines is 1. The number of fused-ring (bicyclic) bond motifs is 1. The van der Waals surface area contributed by atoms with Crippen molar-refractivity contribution >= 4 is 11.5 Å². The summed E-state index contributed by atoms with van der Waals surface area (Å²) in [6.07, 6.45) is 2.66. The van der Waals surface area contributed by atoms with Crippen molar-refractivity contribution in [2.75, 3.05) is 24.8 Å². The number of para-hydroxylation sites is 2. The lowest BCUT2D eigenvalue weighted by Gasteiger charge is -2.21. The Kier molecular flexibility index (Phi) is 8.61. The summed E-state index contributed by atoms with van der Waals surface area (Å²) >= 11 is 0. The summed E-state index contributed by atoms with van der Waals surface area (Å²) in [5.74, 6) is 2.08. The van der Waals surface area contributed by atoms with Gasteiger partial charge in [0.1, 0.15) is 5.78 Å². The molecule has 4 heteroatoms. The first kappa shape index (κ1) is 26.3. The van der Waals surface area contributed by atoms with Gasteiger partial charge in [-0.2, -0.15) is 0 Å². The van der Waals surface area contributed by atoms with Gasteiger partial charge >= 0.3 is 0 Å². The molecule has 1 aliphatic carbocycles. The highest BCUT2D eigenvalue weighted by Gasteiger charge is 2.43. The van der Waals surface area contributed by atoms with E-state index in [4.69, 9.17) is 9.47 Å². The van der Waals surface area contributed by atoms with Gasteiger partial charge in [-0.1, -0.05) is 56.8 Å². The molecule has 0 atom stereocenters. The zero-order chi connectivity index (χ0) is 24.1. The molecule has 1 heterocycles. The third-order valence-electron chi connectivity index (χ3n) is 6.92. The number of aryl methyl sites for hydroxylation is 1. The van der Waals surface area contributed by atoms with E-state index in [1.165, 1.54) is 22.4 Å². The molecule has 0 saturated heterocycles. The molecular formula is C31H39NO3. The molecule has 186 valence electrons. The zero-order valence-corrected chi connectivity index (χ0v) is 20.8. The highest BCUT2D eigenvalue weighted by atomic mass is 16.7. The van der Waals surface area contributed by atoms with E-state index in [0.717, 1.165) is 43.0 Å². The third kappa shape index (κ3) is 6.25. The van der Waals surface area contributed by atoms with E-state index >= 15 is 0 Å². The van der Waals surface area contributed by atoms with Crippen molar-refractivity contribution < 1.29 is 14.3 Å². The van der Waals surface area contributed by atoms with Crippen molar-refractivity contribution in [3.8, 4) is 22.6 Å². The van der Waals surface area contributed by atoms with Crippen molar-refractivity contribution in [2.24, 2.45) is 5.41 Å². The van der Waals surface area contributed by atoms with Crippen LogP contribution in [0.1, 0.15) is 52.2 Å². The SMILES string of the molecule is C.CCN(CC)c1ccc(-c2cc(CC(=O)C3(C)CC3)ccc2C)cc1.c1ccc2c(c1)OCO2. The molecule has 0 amide bonds. The molecule has 1 saturated carbocycles. The van der Waals surface area contributed by atoms with Crippen molar-refractivity contribution in [1.29, 1.82) is 0 Å². The van der Waals surface area contributed by atoms with Crippen LogP contribution in [0.5, 0.6) is 11.5 Å². The molecule has 0 N–H and O–H groups in total. The summed E-state index contributed by atoms with van der Waals surface area (Å²) in [6, 6.07) is 22.9. The molecule has 0 bridgehead atoms. The van der Waals surface area contributed by atoms with Crippen LogP contribution < -0.4 is 14.4 Å². The summed E-state index contributed by atoms with van der Waals surface area (Å²) in [4.78, 5) is 14.8. The van der Waals surface area contributed by atoms with E-state index in [0.29, 0.717) is 19.0 Å². The van der Waals surface area contributed by atoms with Crippen LogP contribution in [0, 0.1) is 12.3 Å². The summed E-state index contributed by atoms with van der Waals surface area (Å²) in [5, 5.41) is 0. The van der Waals surface area contributed by atoms with Gasteiger partial charge in [-0.25, -0.2) is 0 Å². The first-order valence-electron chi connectivity index (χ1n) is 12.3. The van der Waals surface area contributed by atoms with Crippen LogP contribution in [0.15, 0.2) is 66.7 Å². The summed E-state index contributed by atoms with van der Waals surface area (Å²) in [6.45, 7) is 11.0. The van der Waals surface area contributed by atoms with Gasteiger partial charge < -0.3 is 14.4 Å². The van der Waals surface area contributed by atoms with E-state index in [1.54, 1.807) is 0 Å². The first-order valence-corrected chi connectivity index (χ1v) is 12.3. The molecule has 5 rings (SSSR count). The lowest BCUT2D eigenvalue weighted by Crippen LogP contribution is -2.21. The quantitative estimate of drug-likeness (QED) is 0.357. The second-order valence-corrected chi connectivity index (χ2v) is 9.38. The van der Waals surface area contributed by atoms with Crippen molar-refractivity contribution in [1.82, 2.24) is 0 Å². The molecule has 1 fully saturated rings. The molecule has 3 aromatic rings. The van der Waals surface area contributed by atoms with Crippen LogP contribution >= 0.6 is 0 Å². The van der Waals surface area contributed by atoms with Crippen LogP contribution in [-0.2, 0) is 11.2 Å². The summed E-state index contributed by atoms with van der Waals surface area (Å²) < 4.78 is 10.2. The number of carbonyl (C=O) groups is 1. The number of hydrogen-bond acceptors (Lipinski definition) is 4. The molecular weight excluding hydrogens is 434 g/mol. The van der Waals surface area contributed by atoms with Gasteiger partial charge in [0, 0.05) is 30.6 Å². The number of rotatable bonds is 7. The number of Topliss-reactive ketones (excluding diaryl/α,β-unsaturated/α-hetero) is 1. The topological polar surface area (TPSA) is 38.8 Å². The predicted octanol–water partition coefficient (Wildman–Crippen LogP) is 7.47. The Morgan fingerprint density at radius 1 is 0.914 bits per heavy atom. The molecule has 0 spiro atoms. The third-order valence-corrected chi connectivity index (χ3v) is 6.92. The normalized spacial score (nSPS) is 14.3. The fourth-order valence-electron chi connectivity index (χ4n) is 4.24. The van der Waals surface area contributed by atoms with Crippen molar-refractivity contribution in [2.45, 2.75) is 54.4 Å². The fraction of sp³-hybridized carbons (Fsp3) is 0.387. The maximum absolute atomic E-state index is 12.4. The Bertz CT molecular complexity index is 1110. The Morgan fingerprint density at radius 2 is 1.51 bits per heavy atom. The van der Waals surface area contributed by atoms with Crippen LogP contribution in [-0.4, -0.2) is 25.7 Å². The highest BCUT2D eigenvalue weighted by Crippen LogP contribution is 2.46. The molecule has 0 aromatic heterocycles. The fourth-order valence-corrected chi connectivity index (χ4v) is 4.24. The maximum atomic E-state index is 12.4. The number of hydrogen-bond donors (Lipinski definition) is 0. The number of nitrogens with zero attached hydrogens (tertiary/aromatic N) is 1. The van der Waals surface area contributed by atoms with Gasteiger partial charge in [-0.05, 0) is 80.1 Å². The van der Waals surface area contributed by atoms with Gasteiger partial charge in [0.05, 0.1) is 0 Å². The van der Waals surface area contributed by atoms with Crippen LogP contribution in [0.2, 0.25) is 0 Å². The van der Waals surface area contributed by atoms with Gasteiger partial charge in [0.15, 0.2) is 11.5 Å². The lowest BCUT2D eigenvalue weighted by molar-refractivity contribution is -0.122. The molecule has 0 radical (unpaired) electrons. The van der Waals surface area contributed by atoms with Gasteiger partial charge in [0.2, 0.25) is 6.79 Å². The van der Waals surface area contributed by atoms with Gasteiger partial charge in [-0.15, -0.1) is 0 Å². The van der Waals surface area contributed by atoms with Gasteiger partial charge in [-0.3, -0.25) is 4.79 Å². The standard InChI is InChI=1S/C23H29NO.C7H6O2.CH4/c1-5-24(6-2)20-11-9-19(10-12-20)21-15-18(8-7-17(21)3)16-22(25)23(4)13-14-23;1-2-4-7-6(3-1)8-5-9-7;/h7-12,15H,5-6,13-14,16H2,1-4H3;1-4H,5H2;1H4. The van der Waals surface area contributed by atoms with Crippen LogP contribution in [0.3, 0.4) is 0 Å².